The van der Waals surface area contributed by atoms with Crippen LogP contribution in [0.25, 0.3) is 23.2 Å². The van der Waals surface area contributed by atoms with Gasteiger partial charge in [-0.1, -0.05) is 0 Å². The summed E-state index contributed by atoms with van der Waals surface area (Å²) >= 11 is 1.52. The van der Waals surface area contributed by atoms with Crippen LogP contribution in [-0.4, -0.2) is 24.7 Å². The van der Waals surface area contributed by atoms with Crippen molar-refractivity contribution in [1.82, 2.24) is 24.7 Å². The maximum atomic E-state index is 11.8. The van der Waals surface area contributed by atoms with Crippen molar-refractivity contribution in [3.05, 3.63) is 39.0 Å². The van der Waals surface area contributed by atoms with Crippen LogP contribution in [0.1, 0.15) is 10.7 Å². The number of aromatic amines is 1. The molecule has 0 fully saturated rings. The van der Waals surface area contributed by atoms with E-state index in [2.05, 4.69) is 20.1 Å². The molecule has 0 aliphatic carbocycles. The molecule has 3 rings (SSSR count). The van der Waals surface area contributed by atoms with Crippen molar-refractivity contribution in [2.24, 2.45) is 7.05 Å². The summed E-state index contributed by atoms with van der Waals surface area (Å²) in [5.74, 6) is 0.504. The van der Waals surface area contributed by atoms with E-state index >= 15 is 0 Å². The van der Waals surface area contributed by atoms with E-state index in [0.717, 1.165) is 4.88 Å². The van der Waals surface area contributed by atoms with Crippen molar-refractivity contribution in [3.8, 4) is 0 Å². The van der Waals surface area contributed by atoms with Gasteiger partial charge in [-0.15, -0.1) is 11.3 Å². The third kappa shape index (κ3) is 1.84. The molecule has 0 aliphatic rings. The Bertz CT molecular complexity index is 768. The Morgan fingerprint density at radius 2 is 2.28 bits per heavy atom. The zero-order chi connectivity index (χ0) is 12.5. The van der Waals surface area contributed by atoms with Crippen molar-refractivity contribution in [2.45, 2.75) is 0 Å². The van der Waals surface area contributed by atoms with Gasteiger partial charge in [0.05, 0.1) is 11.7 Å². The monoisotopic (exact) mass is 259 g/mol. The van der Waals surface area contributed by atoms with Gasteiger partial charge in [-0.2, -0.15) is 5.10 Å². The zero-order valence-electron chi connectivity index (χ0n) is 9.49. The highest BCUT2D eigenvalue weighted by Crippen LogP contribution is 2.10. The van der Waals surface area contributed by atoms with Gasteiger partial charge in [-0.25, -0.2) is 4.98 Å². The number of rotatable bonds is 2. The molecule has 18 heavy (non-hydrogen) atoms. The maximum Gasteiger partial charge on any atom is 0.262 e. The van der Waals surface area contributed by atoms with Crippen LogP contribution >= 0.6 is 11.3 Å². The maximum absolute atomic E-state index is 11.8. The van der Waals surface area contributed by atoms with Crippen LogP contribution < -0.4 is 5.56 Å². The number of hydrogen-bond acceptors (Lipinski definition) is 5. The lowest BCUT2D eigenvalue weighted by atomic mass is 10.4. The van der Waals surface area contributed by atoms with Crippen LogP contribution in [0.5, 0.6) is 0 Å². The minimum atomic E-state index is -0.183. The number of H-pyrrole nitrogens is 1. The van der Waals surface area contributed by atoms with Crippen molar-refractivity contribution < 1.29 is 0 Å². The van der Waals surface area contributed by atoms with E-state index in [9.17, 15) is 4.79 Å². The van der Waals surface area contributed by atoms with Gasteiger partial charge in [0.15, 0.2) is 5.65 Å². The Kier molecular flexibility index (Phi) is 2.52. The minimum Gasteiger partial charge on any atom is -0.306 e. The fourth-order valence-corrected chi connectivity index (χ4v) is 2.11. The molecule has 0 saturated heterocycles. The Hall–Kier alpha value is -2.28. The summed E-state index contributed by atoms with van der Waals surface area (Å²) in [6.45, 7) is 0. The predicted octanol–water partition coefficient (Wildman–Crippen LogP) is 1.28. The van der Waals surface area contributed by atoms with Crippen molar-refractivity contribution in [2.75, 3.05) is 0 Å². The zero-order valence-corrected chi connectivity index (χ0v) is 10.3. The van der Waals surface area contributed by atoms with Gasteiger partial charge in [-0.3, -0.25) is 14.5 Å². The van der Waals surface area contributed by atoms with Crippen LogP contribution in [0.3, 0.4) is 0 Å². The summed E-state index contributed by atoms with van der Waals surface area (Å²) in [5, 5.41) is 4.50. The third-order valence-corrected chi connectivity index (χ3v) is 3.22. The fraction of sp³-hybridized carbons (Fsp3) is 0.0909. The number of fused-ring (bicyclic) bond motifs is 1. The van der Waals surface area contributed by atoms with Crippen molar-refractivity contribution in [3.63, 3.8) is 0 Å². The third-order valence-electron chi connectivity index (χ3n) is 2.48. The first-order valence-electron chi connectivity index (χ1n) is 5.22. The molecule has 90 valence electrons. The van der Waals surface area contributed by atoms with Crippen LogP contribution in [0, 0.1) is 0 Å². The molecule has 0 saturated carbocycles. The molecule has 0 unspecified atom stereocenters. The Balaban J connectivity index is 2.07. The van der Waals surface area contributed by atoms with E-state index < -0.39 is 0 Å². The lowest BCUT2D eigenvalue weighted by Crippen LogP contribution is -2.09. The largest absolute Gasteiger partial charge is 0.306 e. The quantitative estimate of drug-likeness (QED) is 0.752. The van der Waals surface area contributed by atoms with E-state index in [1.807, 2.05) is 6.08 Å². The Labute approximate surface area is 106 Å². The van der Waals surface area contributed by atoms with Gasteiger partial charge in [0.25, 0.3) is 5.56 Å². The fourth-order valence-electron chi connectivity index (χ4n) is 1.60. The van der Waals surface area contributed by atoms with E-state index in [1.165, 1.54) is 17.5 Å². The molecule has 0 bridgehead atoms. The van der Waals surface area contributed by atoms with E-state index in [1.54, 1.807) is 29.5 Å². The molecule has 0 aromatic carbocycles. The van der Waals surface area contributed by atoms with Gasteiger partial charge in [0.1, 0.15) is 11.2 Å². The summed E-state index contributed by atoms with van der Waals surface area (Å²) < 4.78 is 1.58. The molecule has 3 aromatic rings. The molecule has 0 aliphatic heterocycles. The second kappa shape index (κ2) is 4.19. The standard InChI is InChI=1S/C11H9N5OS/c1-16-10-8(5-13-16)11(17)15-9(14-10)3-2-7-4-12-6-18-7/h2-6H,1H3,(H,14,15,17). The summed E-state index contributed by atoms with van der Waals surface area (Å²) in [5.41, 5.74) is 2.14. The first-order chi connectivity index (χ1) is 8.74. The molecule has 0 amide bonds. The van der Waals surface area contributed by atoms with Gasteiger partial charge in [-0.05, 0) is 12.2 Å². The molecule has 7 heteroatoms. The van der Waals surface area contributed by atoms with Crippen LogP contribution in [0.2, 0.25) is 0 Å². The first kappa shape index (κ1) is 10.8. The van der Waals surface area contributed by atoms with Gasteiger partial charge >= 0.3 is 0 Å². The summed E-state index contributed by atoms with van der Waals surface area (Å²) in [7, 11) is 1.76. The lowest BCUT2D eigenvalue weighted by molar-refractivity contribution is 0.784. The van der Waals surface area contributed by atoms with Crippen LogP contribution in [0.4, 0.5) is 0 Å². The molecule has 0 spiro atoms. The van der Waals surface area contributed by atoms with Crippen LogP contribution in [-0.2, 0) is 7.05 Å². The molecular formula is C11H9N5OS. The molecule has 6 nitrogen and oxygen atoms in total. The molecule has 1 N–H and O–H groups in total. The minimum absolute atomic E-state index is 0.183. The van der Waals surface area contributed by atoms with Gasteiger partial charge < -0.3 is 4.98 Å². The molecule has 3 heterocycles. The van der Waals surface area contributed by atoms with Crippen LogP contribution in [0.15, 0.2) is 22.7 Å². The topological polar surface area (TPSA) is 76.5 Å². The number of nitrogens with one attached hydrogen (secondary N) is 1. The second-order valence-corrected chi connectivity index (χ2v) is 4.61. The van der Waals surface area contributed by atoms with Crippen molar-refractivity contribution in [1.29, 1.82) is 0 Å². The van der Waals surface area contributed by atoms with Gasteiger partial charge in [0, 0.05) is 18.1 Å². The number of aryl methyl sites for hydroxylation is 1. The summed E-state index contributed by atoms with van der Waals surface area (Å²) in [6, 6.07) is 0. The predicted molar refractivity (Wildman–Crippen MR) is 70.2 cm³/mol. The average Bonchev–Trinajstić information content (AvgIpc) is 2.98. The summed E-state index contributed by atoms with van der Waals surface area (Å²) in [6.07, 6.45) is 6.87. The number of thiazole rings is 1. The summed E-state index contributed by atoms with van der Waals surface area (Å²) in [4.78, 5) is 23.8. The highest BCUT2D eigenvalue weighted by Gasteiger charge is 2.06. The first-order valence-corrected chi connectivity index (χ1v) is 6.10. The van der Waals surface area contributed by atoms with Crippen molar-refractivity contribution >= 4 is 34.5 Å². The molecule has 0 atom stereocenters. The van der Waals surface area contributed by atoms with E-state index in [0.29, 0.717) is 16.9 Å². The second-order valence-electron chi connectivity index (χ2n) is 3.69. The van der Waals surface area contributed by atoms with Gasteiger partial charge in [0.2, 0.25) is 0 Å². The molecule has 3 aromatic heterocycles. The smallest absolute Gasteiger partial charge is 0.262 e. The SMILES string of the molecule is Cn1ncc2c(=O)[nH]c(C=Cc3cncs3)nc21. The highest BCUT2D eigenvalue weighted by molar-refractivity contribution is 7.10. The lowest BCUT2D eigenvalue weighted by Gasteiger charge is -1.95. The normalized spacial score (nSPS) is 11.6. The highest BCUT2D eigenvalue weighted by atomic mass is 32.1. The number of hydrogen-bond donors (Lipinski definition) is 1. The molecule has 0 radical (unpaired) electrons. The van der Waals surface area contributed by atoms with E-state index in [4.69, 9.17) is 0 Å². The number of nitrogens with zero attached hydrogens (tertiary/aromatic N) is 4. The Morgan fingerprint density at radius 3 is 3.06 bits per heavy atom. The van der Waals surface area contributed by atoms with E-state index in [-0.39, 0.29) is 5.56 Å². The molecular weight excluding hydrogens is 250 g/mol. The average molecular weight is 259 g/mol. The Morgan fingerprint density at radius 1 is 1.39 bits per heavy atom. The number of aromatic nitrogens is 5.